The third kappa shape index (κ3) is 6.53. The number of aliphatic hydroxyl groups excluding tert-OH is 1. The number of carboxylic acid groups (broad SMARTS) is 1. The lowest BCUT2D eigenvalue weighted by Gasteiger charge is -2.37. The Morgan fingerprint density at radius 3 is 2.94 bits per heavy atom. The van der Waals surface area contributed by atoms with E-state index in [-0.39, 0.29) is 18.3 Å². The molecule has 0 saturated carbocycles. The molecule has 2 aromatic heterocycles. The second kappa shape index (κ2) is 11.9. The van der Waals surface area contributed by atoms with E-state index in [1.54, 1.807) is 13.3 Å². The molecule has 0 bridgehead atoms. The Balaban J connectivity index is 1.39. The first-order valence-corrected chi connectivity index (χ1v) is 13.0. The summed E-state index contributed by atoms with van der Waals surface area (Å²) in [7, 11) is 1.62. The average Bonchev–Trinajstić information content (AvgIpc) is 3.26. The molecule has 0 spiro atoms. The summed E-state index contributed by atoms with van der Waals surface area (Å²) in [6.45, 7) is 2.14. The van der Waals surface area contributed by atoms with Crippen LogP contribution in [-0.2, 0) is 4.79 Å². The van der Waals surface area contributed by atoms with Gasteiger partial charge in [-0.1, -0.05) is 23.4 Å². The molecule has 8 heteroatoms. The fourth-order valence-corrected chi connectivity index (χ4v) is 5.81. The van der Waals surface area contributed by atoms with Gasteiger partial charge in [0, 0.05) is 24.5 Å². The summed E-state index contributed by atoms with van der Waals surface area (Å²) in [5, 5.41) is 24.0. The third-order valence-corrected chi connectivity index (χ3v) is 7.94. The zero-order valence-electron chi connectivity index (χ0n) is 19.6. The number of fused-ring (bicyclic) bond motifs is 1. The van der Waals surface area contributed by atoms with Gasteiger partial charge in [0.05, 0.1) is 35.2 Å². The van der Waals surface area contributed by atoms with Gasteiger partial charge in [-0.25, -0.2) is 0 Å². The zero-order chi connectivity index (χ0) is 24.8. The van der Waals surface area contributed by atoms with Crippen LogP contribution in [0.5, 0.6) is 5.75 Å². The second-order valence-electron chi connectivity index (χ2n) is 8.92. The van der Waals surface area contributed by atoms with Crippen molar-refractivity contribution in [2.75, 3.05) is 26.7 Å². The number of hydrogen-bond acceptors (Lipinski definition) is 6. The minimum atomic E-state index is -0.786. The molecule has 4 rings (SSSR count). The largest absolute Gasteiger partial charge is 0.497 e. The summed E-state index contributed by atoms with van der Waals surface area (Å²) < 4.78 is 5.34. The molecule has 3 heterocycles. The van der Waals surface area contributed by atoms with Crippen LogP contribution in [0.2, 0.25) is 5.02 Å². The topological polar surface area (TPSA) is 82.9 Å². The minimum absolute atomic E-state index is 0.0230. The predicted molar refractivity (Wildman–Crippen MR) is 139 cm³/mol. The summed E-state index contributed by atoms with van der Waals surface area (Å²) in [6.07, 6.45) is 3.39. The molecular formula is C27H29ClN2O4S. The number of nitrogens with zero attached hydrogens (tertiary/aromatic N) is 2. The predicted octanol–water partition coefficient (Wildman–Crippen LogP) is 5.24. The van der Waals surface area contributed by atoms with E-state index in [4.69, 9.17) is 16.3 Å². The number of methoxy groups -OCH3 is 1. The Labute approximate surface area is 214 Å². The number of aromatic nitrogens is 1. The van der Waals surface area contributed by atoms with Gasteiger partial charge in [0.1, 0.15) is 5.75 Å². The van der Waals surface area contributed by atoms with Crippen LogP contribution in [0.3, 0.4) is 0 Å². The van der Waals surface area contributed by atoms with Crippen molar-refractivity contribution in [2.45, 2.75) is 31.8 Å². The highest BCUT2D eigenvalue weighted by Gasteiger charge is 2.31. The summed E-state index contributed by atoms with van der Waals surface area (Å²) >= 11 is 7.63. The van der Waals surface area contributed by atoms with E-state index >= 15 is 0 Å². The fourth-order valence-electron chi connectivity index (χ4n) is 4.84. The highest BCUT2D eigenvalue weighted by molar-refractivity contribution is 7.11. The molecule has 6 nitrogen and oxygen atoms in total. The normalized spacial score (nSPS) is 19.2. The highest BCUT2D eigenvalue weighted by Crippen LogP contribution is 2.34. The number of carboxylic acids is 1. The number of hydrogen-bond donors (Lipinski definition) is 2. The maximum atomic E-state index is 11.6. The molecule has 0 amide bonds. The van der Waals surface area contributed by atoms with Crippen LogP contribution in [0.4, 0.5) is 0 Å². The lowest BCUT2D eigenvalue weighted by atomic mass is 9.79. The number of thiophene rings is 1. The number of benzene rings is 1. The number of likely N-dealkylation sites (tertiary alicyclic amines) is 1. The Kier molecular flexibility index (Phi) is 8.64. The maximum Gasteiger partial charge on any atom is 0.303 e. The number of aliphatic hydroxyl groups is 1. The van der Waals surface area contributed by atoms with Crippen LogP contribution in [-0.4, -0.2) is 52.8 Å². The number of aliphatic carboxylic acids is 1. The van der Waals surface area contributed by atoms with Gasteiger partial charge >= 0.3 is 5.97 Å². The van der Waals surface area contributed by atoms with Gasteiger partial charge in [-0.3, -0.25) is 14.7 Å². The van der Waals surface area contributed by atoms with Crippen LogP contribution in [0.1, 0.15) is 42.2 Å². The first kappa shape index (κ1) is 25.5. The minimum Gasteiger partial charge on any atom is -0.497 e. The fraction of sp³-hybridized carbons (Fsp3) is 0.407. The maximum absolute atomic E-state index is 11.6. The van der Waals surface area contributed by atoms with Crippen molar-refractivity contribution in [3.63, 3.8) is 0 Å². The number of pyridine rings is 1. The van der Waals surface area contributed by atoms with E-state index in [9.17, 15) is 15.0 Å². The van der Waals surface area contributed by atoms with E-state index in [1.807, 2.05) is 35.7 Å². The molecule has 3 atom stereocenters. The number of carbonyl (C=O) groups is 1. The lowest BCUT2D eigenvalue weighted by Crippen LogP contribution is -2.41. The van der Waals surface area contributed by atoms with Gasteiger partial charge in [0.15, 0.2) is 0 Å². The first-order chi connectivity index (χ1) is 16.9. The smallest absolute Gasteiger partial charge is 0.303 e. The summed E-state index contributed by atoms with van der Waals surface area (Å²) in [6, 6.07) is 9.33. The number of rotatable bonds is 8. The molecule has 0 aliphatic carbocycles. The van der Waals surface area contributed by atoms with Crippen molar-refractivity contribution >= 4 is 39.8 Å². The van der Waals surface area contributed by atoms with E-state index in [0.717, 1.165) is 46.5 Å². The van der Waals surface area contributed by atoms with Gasteiger partial charge in [-0.2, -0.15) is 0 Å². The molecule has 3 aromatic rings. The van der Waals surface area contributed by atoms with Crippen molar-refractivity contribution in [3.8, 4) is 17.6 Å². The lowest BCUT2D eigenvalue weighted by molar-refractivity contribution is -0.139. The average molecular weight is 513 g/mol. The Bertz CT molecular complexity index is 1230. The number of ether oxygens (including phenoxy) is 1. The van der Waals surface area contributed by atoms with Gasteiger partial charge in [-0.05, 0) is 78.9 Å². The molecule has 1 aliphatic rings. The SMILES string of the molecule is COc1ccc2nccc([C@H](O)CC[C@@H]3CCN(CC#Cc4sccc4Cl)C[C@@H]3CC(=O)O)c2c1. The molecule has 1 aromatic carbocycles. The molecule has 184 valence electrons. The molecular weight excluding hydrogens is 484 g/mol. The third-order valence-electron chi connectivity index (χ3n) is 6.69. The van der Waals surface area contributed by atoms with Gasteiger partial charge in [0.2, 0.25) is 0 Å². The van der Waals surface area contributed by atoms with Crippen LogP contribution >= 0.6 is 22.9 Å². The van der Waals surface area contributed by atoms with Crippen LogP contribution in [0, 0.1) is 23.7 Å². The van der Waals surface area contributed by atoms with E-state index < -0.39 is 12.1 Å². The van der Waals surface area contributed by atoms with Gasteiger partial charge < -0.3 is 14.9 Å². The Morgan fingerprint density at radius 2 is 2.20 bits per heavy atom. The van der Waals surface area contributed by atoms with Crippen molar-refractivity contribution in [3.05, 3.63) is 57.4 Å². The first-order valence-electron chi connectivity index (χ1n) is 11.7. The molecule has 1 fully saturated rings. The van der Waals surface area contributed by atoms with Crippen LogP contribution in [0.15, 0.2) is 41.9 Å². The number of halogens is 1. The Hall–Kier alpha value is -2.63. The molecule has 1 aliphatic heterocycles. The van der Waals surface area contributed by atoms with Gasteiger partial charge in [0.25, 0.3) is 0 Å². The summed E-state index contributed by atoms with van der Waals surface area (Å²) in [5.41, 5.74) is 1.63. The van der Waals surface area contributed by atoms with Crippen molar-refractivity contribution in [2.24, 2.45) is 11.8 Å². The van der Waals surface area contributed by atoms with Crippen LogP contribution in [0.25, 0.3) is 10.9 Å². The molecule has 35 heavy (non-hydrogen) atoms. The van der Waals surface area contributed by atoms with E-state index in [0.29, 0.717) is 24.5 Å². The quantitative estimate of drug-likeness (QED) is 0.402. The standard InChI is InChI=1S/C27H29ClN2O4S/c1-34-20-5-6-24-22(16-20)21(8-11-29-24)25(31)7-4-18-9-13-30(17-19(18)15-27(32)33)12-2-3-26-23(28)10-14-35-26/h5-6,8,10-11,14,16,18-19,25,31H,4,7,9,12-13,15,17H2,1H3,(H,32,33)/t18-,19+,25-/m1/s1. The Morgan fingerprint density at radius 1 is 1.34 bits per heavy atom. The summed E-state index contributed by atoms with van der Waals surface area (Å²) in [5.74, 6) is 6.50. The van der Waals surface area contributed by atoms with Gasteiger partial charge in [-0.15, -0.1) is 11.3 Å². The number of piperidine rings is 1. The molecule has 0 radical (unpaired) electrons. The summed E-state index contributed by atoms with van der Waals surface area (Å²) in [4.78, 5) is 19.0. The molecule has 0 unspecified atom stereocenters. The molecule has 1 saturated heterocycles. The van der Waals surface area contributed by atoms with E-state index in [1.165, 1.54) is 11.3 Å². The van der Waals surface area contributed by atoms with Crippen molar-refractivity contribution in [1.29, 1.82) is 0 Å². The van der Waals surface area contributed by atoms with E-state index in [2.05, 4.69) is 21.7 Å². The highest BCUT2D eigenvalue weighted by atomic mass is 35.5. The van der Waals surface area contributed by atoms with Crippen molar-refractivity contribution < 1.29 is 19.7 Å². The second-order valence-corrected chi connectivity index (χ2v) is 10.2. The zero-order valence-corrected chi connectivity index (χ0v) is 21.2. The van der Waals surface area contributed by atoms with Crippen LogP contribution < -0.4 is 4.74 Å². The monoisotopic (exact) mass is 512 g/mol. The molecule has 2 N–H and O–H groups in total. The van der Waals surface area contributed by atoms with Crippen molar-refractivity contribution in [1.82, 2.24) is 9.88 Å².